The Hall–Kier alpha value is -2.37. The monoisotopic (exact) mass is 288 g/mol. The summed E-state index contributed by atoms with van der Waals surface area (Å²) in [6.07, 6.45) is 1.59. The molecular weight excluding hydrogens is 268 g/mol. The van der Waals surface area contributed by atoms with Gasteiger partial charge in [-0.25, -0.2) is 9.48 Å². The summed E-state index contributed by atoms with van der Waals surface area (Å²) in [6, 6.07) is 10.2. The van der Waals surface area contributed by atoms with E-state index in [1.807, 2.05) is 18.2 Å². The van der Waals surface area contributed by atoms with E-state index in [2.05, 4.69) is 22.4 Å². The first-order chi connectivity index (χ1) is 10.1. The number of nitrogen functional groups attached to an aromatic ring is 1. The maximum Gasteiger partial charge on any atom is 0.363 e. The van der Waals surface area contributed by atoms with Crippen molar-refractivity contribution in [3.63, 3.8) is 0 Å². The number of benzene rings is 1. The van der Waals surface area contributed by atoms with Crippen LogP contribution in [0.4, 0.5) is 5.82 Å². The van der Waals surface area contributed by atoms with Crippen LogP contribution in [-0.2, 0) is 17.7 Å². The molecule has 0 aliphatic heterocycles. The van der Waals surface area contributed by atoms with Gasteiger partial charge in [0.25, 0.3) is 0 Å². The zero-order chi connectivity index (χ0) is 15.2. The lowest BCUT2D eigenvalue weighted by atomic mass is 10.1. The van der Waals surface area contributed by atoms with Crippen LogP contribution in [0, 0.1) is 0 Å². The fraction of sp³-hybridized carbons (Fsp3) is 0.400. The number of aryl methyl sites for hydroxylation is 2. The van der Waals surface area contributed by atoms with E-state index in [9.17, 15) is 4.79 Å². The molecule has 0 aliphatic rings. The van der Waals surface area contributed by atoms with Crippen LogP contribution < -0.4 is 5.73 Å². The molecule has 1 aromatic heterocycles. The smallest absolute Gasteiger partial charge is 0.363 e. The van der Waals surface area contributed by atoms with Crippen LogP contribution >= 0.6 is 0 Å². The summed E-state index contributed by atoms with van der Waals surface area (Å²) in [5, 5.41) is 7.72. The highest BCUT2D eigenvalue weighted by Crippen LogP contribution is 2.12. The Balaban J connectivity index is 1.93. The number of carbonyl (C=O) groups is 1. The van der Waals surface area contributed by atoms with Crippen LogP contribution in [0.25, 0.3) is 0 Å². The van der Waals surface area contributed by atoms with Crippen molar-refractivity contribution in [2.75, 3.05) is 5.73 Å². The molecule has 2 N–H and O–H groups in total. The van der Waals surface area contributed by atoms with E-state index in [-0.39, 0.29) is 17.6 Å². The SMILES string of the molecule is CC(C)OC(=O)c1nnn(CCCc2ccccc2)c1N. The molecule has 0 amide bonds. The van der Waals surface area contributed by atoms with Crippen LogP contribution in [0.2, 0.25) is 0 Å². The second kappa shape index (κ2) is 6.88. The molecule has 0 aliphatic carbocycles. The van der Waals surface area contributed by atoms with Gasteiger partial charge in [-0.2, -0.15) is 0 Å². The van der Waals surface area contributed by atoms with Gasteiger partial charge in [0.2, 0.25) is 5.69 Å². The molecule has 2 aromatic rings. The maximum atomic E-state index is 11.8. The molecule has 112 valence electrons. The van der Waals surface area contributed by atoms with E-state index in [4.69, 9.17) is 10.5 Å². The number of nitrogens with two attached hydrogens (primary N) is 1. The normalized spacial score (nSPS) is 10.8. The first-order valence-corrected chi connectivity index (χ1v) is 7.02. The Kier molecular flexibility index (Phi) is 4.92. The molecule has 0 atom stereocenters. The van der Waals surface area contributed by atoms with Gasteiger partial charge in [-0.1, -0.05) is 35.5 Å². The van der Waals surface area contributed by atoms with Gasteiger partial charge in [-0.05, 0) is 32.3 Å². The molecule has 21 heavy (non-hydrogen) atoms. The summed E-state index contributed by atoms with van der Waals surface area (Å²) in [5.74, 6) is -0.273. The average molecular weight is 288 g/mol. The van der Waals surface area contributed by atoms with Gasteiger partial charge in [0.05, 0.1) is 6.10 Å². The second-order valence-corrected chi connectivity index (χ2v) is 5.09. The van der Waals surface area contributed by atoms with Crippen molar-refractivity contribution in [1.29, 1.82) is 0 Å². The van der Waals surface area contributed by atoms with Crippen molar-refractivity contribution in [2.24, 2.45) is 0 Å². The number of nitrogens with zero attached hydrogens (tertiary/aromatic N) is 3. The first-order valence-electron chi connectivity index (χ1n) is 7.02. The topological polar surface area (TPSA) is 83.0 Å². The van der Waals surface area contributed by atoms with Gasteiger partial charge < -0.3 is 10.5 Å². The molecule has 0 saturated heterocycles. The van der Waals surface area contributed by atoms with Gasteiger partial charge in [0.1, 0.15) is 0 Å². The predicted molar refractivity (Wildman–Crippen MR) is 79.7 cm³/mol. The Morgan fingerprint density at radius 1 is 1.33 bits per heavy atom. The van der Waals surface area contributed by atoms with Crippen molar-refractivity contribution in [1.82, 2.24) is 15.0 Å². The fourth-order valence-electron chi connectivity index (χ4n) is 1.98. The maximum absolute atomic E-state index is 11.8. The van der Waals surface area contributed by atoms with Crippen LogP contribution in [0.5, 0.6) is 0 Å². The summed E-state index contributed by atoms with van der Waals surface area (Å²) in [7, 11) is 0. The van der Waals surface area contributed by atoms with Crippen molar-refractivity contribution in [2.45, 2.75) is 39.3 Å². The quantitative estimate of drug-likeness (QED) is 0.823. The minimum absolute atomic E-state index is 0.0865. The Morgan fingerprint density at radius 2 is 2.05 bits per heavy atom. The number of rotatable bonds is 6. The number of aromatic nitrogens is 3. The van der Waals surface area contributed by atoms with Crippen molar-refractivity contribution >= 4 is 11.8 Å². The highest BCUT2D eigenvalue weighted by Gasteiger charge is 2.19. The minimum atomic E-state index is -0.531. The van der Waals surface area contributed by atoms with E-state index >= 15 is 0 Å². The molecule has 6 heteroatoms. The van der Waals surface area contributed by atoms with Crippen LogP contribution in [0.1, 0.15) is 36.3 Å². The summed E-state index contributed by atoms with van der Waals surface area (Å²) in [5.41, 5.74) is 7.24. The third-order valence-electron chi connectivity index (χ3n) is 2.99. The van der Waals surface area contributed by atoms with E-state index in [1.54, 1.807) is 18.5 Å². The van der Waals surface area contributed by atoms with Gasteiger partial charge in [-0.15, -0.1) is 5.10 Å². The lowest BCUT2D eigenvalue weighted by molar-refractivity contribution is 0.0372. The molecule has 0 bridgehead atoms. The lowest BCUT2D eigenvalue weighted by Crippen LogP contribution is -2.14. The molecule has 2 rings (SSSR count). The van der Waals surface area contributed by atoms with Crippen molar-refractivity contribution in [3.8, 4) is 0 Å². The van der Waals surface area contributed by atoms with Crippen LogP contribution in [-0.4, -0.2) is 27.1 Å². The number of anilines is 1. The summed E-state index contributed by atoms with van der Waals surface area (Å²) in [6.45, 7) is 4.17. The summed E-state index contributed by atoms with van der Waals surface area (Å²) in [4.78, 5) is 11.8. The fourth-order valence-corrected chi connectivity index (χ4v) is 1.98. The van der Waals surface area contributed by atoms with E-state index in [0.29, 0.717) is 6.54 Å². The standard InChI is InChI=1S/C15H20N4O2/c1-11(2)21-15(20)13-14(16)19(18-17-13)10-6-9-12-7-4-3-5-8-12/h3-5,7-8,11H,6,9-10,16H2,1-2H3. The molecule has 0 saturated carbocycles. The van der Waals surface area contributed by atoms with Gasteiger partial charge in [0, 0.05) is 6.54 Å². The third-order valence-corrected chi connectivity index (χ3v) is 2.99. The summed E-state index contributed by atoms with van der Waals surface area (Å²) < 4.78 is 6.61. The van der Waals surface area contributed by atoms with Gasteiger partial charge >= 0.3 is 5.97 Å². The van der Waals surface area contributed by atoms with Gasteiger partial charge in [0.15, 0.2) is 5.82 Å². The van der Waals surface area contributed by atoms with Crippen molar-refractivity contribution < 1.29 is 9.53 Å². The largest absolute Gasteiger partial charge is 0.458 e. The number of carbonyl (C=O) groups excluding carboxylic acids is 1. The molecule has 0 spiro atoms. The molecule has 0 unspecified atom stereocenters. The minimum Gasteiger partial charge on any atom is -0.458 e. The second-order valence-electron chi connectivity index (χ2n) is 5.09. The molecule has 6 nitrogen and oxygen atoms in total. The predicted octanol–water partition coefficient (Wildman–Crippen LogP) is 2.06. The highest BCUT2D eigenvalue weighted by atomic mass is 16.5. The number of esters is 1. The first kappa shape index (κ1) is 15.0. The molecular formula is C15H20N4O2. The van der Waals surface area contributed by atoms with Crippen LogP contribution in [0.15, 0.2) is 30.3 Å². The Labute approximate surface area is 123 Å². The van der Waals surface area contributed by atoms with Crippen LogP contribution in [0.3, 0.4) is 0 Å². The number of ether oxygens (including phenoxy) is 1. The molecule has 0 fully saturated rings. The zero-order valence-electron chi connectivity index (χ0n) is 12.3. The van der Waals surface area contributed by atoms with Gasteiger partial charge in [-0.3, -0.25) is 0 Å². The van der Waals surface area contributed by atoms with Crippen molar-refractivity contribution in [3.05, 3.63) is 41.6 Å². The van der Waals surface area contributed by atoms with E-state index in [0.717, 1.165) is 12.8 Å². The average Bonchev–Trinajstić information content (AvgIpc) is 2.81. The Morgan fingerprint density at radius 3 is 2.71 bits per heavy atom. The zero-order valence-corrected chi connectivity index (χ0v) is 12.3. The Bertz CT molecular complexity index is 593. The molecule has 0 radical (unpaired) electrons. The van der Waals surface area contributed by atoms with E-state index < -0.39 is 5.97 Å². The van der Waals surface area contributed by atoms with E-state index in [1.165, 1.54) is 5.56 Å². The molecule has 1 heterocycles. The molecule has 1 aromatic carbocycles. The summed E-state index contributed by atoms with van der Waals surface area (Å²) >= 11 is 0. The third kappa shape index (κ3) is 4.05. The lowest BCUT2D eigenvalue weighted by Gasteiger charge is -2.06. The highest BCUT2D eigenvalue weighted by molar-refractivity contribution is 5.91. The number of hydrogen-bond acceptors (Lipinski definition) is 5. The number of hydrogen-bond donors (Lipinski definition) is 1.